The van der Waals surface area contributed by atoms with Crippen LogP contribution >= 0.6 is 22.6 Å². The molecule has 0 radical (unpaired) electrons. The van der Waals surface area contributed by atoms with Gasteiger partial charge in [-0.1, -0.05) is 0 Å². The predicted octanol–water partition coefficient (Wildman–Crippen LogP) is 0.949. The molecule has 0 unspecified atom stereocenters. The van der Waals surface area contributed by atoms with E-state index in [1.807, 2.05) is 0 Å². The Bertz CT molecular complexity index is 415. The maximum Gasteiger partial charge on any atom is 0.301 e. The lowest BCUT2D eigenvalue weighted by molar-refractivity contribution is 0.410. The van der Waals surface area contributed by atoms with E-state index in [1.54, 1.807) is 22.6 Å². The van der Waals surface area contributed by atoms with Crippen molar-refractivity contribution in [1.29, 1.82) is 0 Å². The summed E-state index contributed by atoms with van der Waals surface area (Å²) in [5, 5.41) is 18.2. The van der Waals surface area contributed by atoms with Crippen LogP contribution in [0.5, 0.6) is 11.5 Å². The Morgan fingerprint density at radius 2 is 1.54 bits per heavy atom. The number of benzene rings is 1. The van der Waals surface area contributed by atoms with Gasteiger partial charge < -0.3 is 10.2 Å². The summed E-state index contributed by atoms with van der Waals surface area (Å²) in [6, 6.07) is 2.23. The van der Waals surface area contributed by atoms with Crippen LogP contribution in [0.3, 0.4) is 0 Å². The first-order chi connectivity index (χ1) is 5.82. The number of rotatable bonds is 1. The van der Waals surface area contributed by atoms with Gasteiger partial charge >= 0.3 is 10.1 Å². The van der Waals surface area contributed by atoms with Crippen LogP contribution in [0.25, 0.3) is 0 Å². The topological polar surface area (TPSA) is 94.8 Å². The van der Waals surface area contributed by atoms with Crippen LogP contribution in [0.4, 0.5) is 0 Å². The fourth-order valence-corrected chi connectivity index (χ4v) is 2.07. The van der Waals surface area contributed by atoms with E-state index in [1.165, 1.54) is 0 Å². The summed E-state index contributed by atoms with van der Waals surface area (Å²) in [5.74, 6) is -1.35. The van der Waals surface area contributed by atoms with Gasteiger partial charge in [0.15, 0.2) is 4.90 Å². The van der Waals surface area contributed by atoms with Crippen molar-refractivity contribution in [2.45, 2.75) is 4.90 Å². The van der Waals surface area contributed by atoms with Crippen molar-refractivity contribution < 1.29 is 23.2 Å². The summed E-state index contributed by atoms with van der Waals surface area (Å²) in [6.07, 6.45) is 0. The lowest BCUT2D eigenvalue weighted by atomic mass is 10.3. The van der Waals surface area contributed by atoms with Gasteiger partial charge in [-0.15, -0.1) is 0 Å². The number of hydrogen-bond donors (Lipinski definition) is 3. The van der Waals surface area contributed by atoms with Crippen molar-refractivity contribution in [2.24, 2.45) is 0 Å². The van der Waals surface area contributed by atoms with Gasteiger partial charge in [-0.3, -0.25) is 4.55 Å². The quantitative estimate of drug-likeness (QED) is 0.530. The fourth-order valence-electron chi connectivity index (χ4n) is 0.829. The van der Waals surface area contributed by atoms with Crippen LogP contribution in [0, 0.1) is 3.57 Å². The molecule has 3 N–H and O–H groups in total. The number of halogens is 1. The van der Waals surface area contributed by atoms with E-state index in [2.05, 4.69) is 0 Å². The first kappa shape index (κ1) is 10.5. The van der Waals surface area contributed by atoms with Gasteiger partial charge in [-0.25, -0.2) is 0 Å². The molecular weight excluding hydrogens is 311 g/mol. The zero-order chi connectivity index (χ0) is 10.2. The Hall–Kier alpha value is -0.540. The van der Waals surface area contributed by atoms with E-state index in [0.29, 0.717) is 3.57 Å². The fraction of sp³-hybridized carbons (Fsp3) is 0. The van der Waals surface area contributed by atoms with Crippen LogP contribution < -0.4 is 0 Å². The summed E-state index contributed by atoms with van der Waals surface area (Å²) < 4.78 is 30.3. The third kappa shape index (κ3) is 2.23. The molecule has 0 aliphatic carbocycles. The van der Waals surface area contributed by atoms with Crippen LogP contribution in [0.2, 0.25) is 0 Å². The largest absolute Gasteiger partial charge is 0.506 e. The molecule has 1 rings (SSSR count). The smallest absolute Gasteiger partial charge is 0.301 e. The van der Waals surface area contributed by atoms with Gasteiger partial charge in [0.25, 0.3) is 0 Å². The maximum atomic E-state index is 10.6. The monoisotopic (exact) mass is 316 g/mol. The average Bonchev–Trinajstić information content (AvgIpc) is 1.78. The van der Waals surface area contributed by atoms with E-state index in [9.17, 15) is 8.42 Å². The standard InChI is InChI=1S/C6H5IO5S/c7-3-1-4(8)6(5(9)2-3)13(10,11)12/h1-2,8-9H,(H,10,11,12). The normalized spacial score (nSPS) is 11.5. The molecule has 5 nitrogen and oxygen atoms in total. The molecule has 72 valence electrons. The zero-order valence-electron chi connectivity index (χ0n) is 6.10. The molecule has 0 bridgehead atoms. The molecule has 0 spiro atoms. The number of aromatic hydroxyl groups is 2. The summed E-state index contributed by atoms with van der Waals surface area (Å²) in [5.41, 5.74) is 0. The highest BCUT2D eigenvalue weighted by molar-refractivity contribution is 14.1. The van der Waals surface area contributed by atoms with E-state index >= 15 is 0 Å². The minimum absolute atomic E-state index is 0.458. The van der Waals surface area contributed by atoms with Crippen molar-refractivity contribution in [3.8, 4) is 11.5 Å². The molecule has 0 saturated heterocycles. The summed E-state index contributed by atoms with van der Waals surface area (Å²) in [4.78, 5) is -0.868. The van der Waals surface area contributed by atoms with Crippen molar-refractivity contribution in [2.75, 3.05) is 0 Å². The van der Waals surface area contributed by atoms with Crippen LogP contribution in [-0.2, 0) is 10.1 Å². The molecule has 1 aromatic carbocycles. The molecule has 0 heterocycles. The van der Waals surface area contributed by atoms with Gasteiger partial charge in [-0.05, 0) is 34.7 Å². The molecule has 0 amide bonds. The molecule has 0 aliphatic heterocycles. The van der Waals surface area contributed by atoms with Gasteiger partial charge in [0.05, 0.1) is 0 Å². The SMILES string of the molecule is O=S(=O)(O)c1c(O)cc(I)cc1O. The van der Waals surface area contributed by atoms with Crippen molar-refractivity contribution in [3.63, 3.8) is 0 Å². The molecule has 0 aromatic heterocycles. The van der Waals surface area contributed by atoms with Gasteiger partial charge in [0, 0.05) is 3.57 Å². The molecular formula is C6H5IO5S. The van der Waals surface area contributed by atoms with Gasteiger partial charge in [0.1, 0.15) is 11.5 Å². The lowest BCUT2D eigenvalue weighted by Crippen LogP contribution is -1.99. The minimum Gasteiger partial charge on any atom is -0.506 e. The number of hydrogen-bond acceptors (Lipinski definition) is 4. The van der Waals surface area contributed by atoms with Crippen molar-refractivity contribution in [3.05, 3.63) is 15.7 Å². The van der Waals surface area contributed by atoms with E-state index in [-0.39, 0.29) is 0 Å². The average molecular weight is 316 g/mol. The molecule has 0 saturated carbocycles. The zero-order valence-corrected chi connectivity index (χ0v) is 9.07. The molecule has 1 aromatic rings. The molecule has 0 atom stereocenters. The lowest BCUT2D eigenvalue weighted by Gasteiger charge is -2.03. The number of phenols is 2. The first-order valence-electron chi connectivity index (χ1n) is 3.01. The van der Waals surface area contributed by atoms with E-state index in [4.69, 9.17) is 14.8 Å². The third-order valence-electron chi connectivity index (χ3n) is 1.27. The Balaban J connectivity index is 3.57. The Morgan fingerprint density at radius 1 is 1.15 bits per heavy atom. The molecule has 13 heavy (non-hydrogen) atoms. The van der Waals surface area contributed by atoms with Crippen LogP contribution in [0.1, 0.15) is 0 Å². The van der Waals surface area contributed by atoms with Crippen LogP contribution in [-0.4, -0.2) is 23.2 Å². The highest BCUT2D eigenvalue weighted by Crippen LogP contribution is 2.33. The second-order valence-electron chi connectivity index (χ2n) is 2.25. The van der Waals surface area contributed by atoms with Gasteiger partial charge in [0.2, 0.25) is 0 Å². The first-order valence-corrected chi connectivity index (χ1v) is 5.53. The minimum atomic E-state index is -4.58. The van der Waals surface area contributed by atoms with Crippen LogP contribution in [0.15, 0.2) is 17.0 Å². The molecule has 0 aliphatic rings. The highest BCUT2D eigenvalue weighted by atomic mass is 127. The Labute approximate surface area is 87.9 Å². The van der Waals surface area contributed by atoms with E-state index in [0.717, 1.165) is 12.1 Å². The van der Waals surface area contributed by atoms with Crippen molar-refractivity contribution in [1.82, 2.24) is 0 Å². The second kappa shape index (κ2) is 3.31. The molecule has 0 fully saturated rings. The summed E-state index contributed by atoms with van der Waals surface area (Å²) in [6.45, 7) is 0. The number of phenolic OH excluding ortho intramolecular Hbond substituents is 2. The second-order valence-corrected chi connectivity index (χ2v) is 4.85. The highest BCUT2D eigenvalue weighted by Gasteiger charge is 2.20. The van der Waals surface area contributed by atoms with Gasteiger partial charge in [-0.2, -0.15) is 8.42 Å². The van der Waals surface area contributed by atoms with E-state index < -0.39 is 26.5 Å². The Morgan fingerprint density at radius 3 is 1.85 bits per heavy atom. The third-order valence-corrected chi connectivity index (χ3v) is 2.83. The summed E-state index contributed by atoms with van der Waals surface area (Å²) >= 11 is 1.78. The van der Waals surface area contributed by atoms with Crippen molar-refractivity contribution >= 4 is 32.7 Å². The Kier molecular flexibility index (Phi) is 2.68. The maximum absolute atomic E-state index is 10.6. The molecule has 7 heteroatoms. The summed E-state index contributed by atoms with van der Waals surface area (Å²) in [7, 11) is -4.58. The predicted molar refractivity (Wildman–Crippen MR) is 52.3 cm³/mol.